The van der Waals surface area contributed by atoms with Gasteiger partial charge in [-0.15, -0.1) is 10.2 Å². The Balaban J connectivity index is 1.48. The number of halogens is 1. The highest BCUT2D eigenvalue weighted by Crippen LogP contribution is 2.23. The summed E-state index contributed by atoms with van der Waals surface area (Å²) < 4.78 is 20.5. The lowest BCUT2D eigenvalue weighted by Crippen LogP contribution is -2.42. The van der Waals surface area contributed by atoms with E-state index in [-0.39, 0.29) is 17.8 Å². The third kappa shape index (κ3) is 3.31. The van der Waals surface area contributed by atoms with Crippen LogP contribution in [-0.2, 0) is 4.74 Å². The summed E-state index contributed by atoms with van der Waals surface area (Å²) in [6.07, 6.45) is 4.36. The summed E-state index contributed by atoms with van der Waals surface area (Å²) in [4.78, 5) is 18.8. The average molecular weight is 353 g/mol. The molecule has 0 unspecified atom stereocenters. The highest BCUT2D eigenvalue weighted by Gasteiger charge is 2.26. The second-order valence-corrected chi connectivity index (χ2v) is 5.94. The number of morpholine rings is 1. The molecular weight excluding hydrogens is 337 g/mol. The number of hydrogen-bond acceptors (Lipinski definition) is 5. The van der Waals surface area contributed by atoms with Gasteiger partial charge in [0.25, 0.3) is 5.91 Å². The highest BCUT2D eigenvalue weighted by molar-refractivity contribution is 5.94. The van der Waals surface area contributed by atoms with Gasteiger partial charge >= 0.3 is 0 Å². The minimum absolute atomic E-state index is 0.108. The summed E-state index contributed by atoms with van der Waals surface area (Å²) in [5.41, 5.74) is 1.35. The summed E-state index contributed by atoms with van der Waals surface area (Å²) in [7, 11) is 0. The molecule has 2 aromatic heterocycles. The molecule has 1 amide bonds. The Kier molecular flexibility index (Phi) is 4.40. The fraction of sp³-hybridized carbons (Fsp3) is 0.222. The maximum Gasteiger partial charge on any atom is 0.255 e. The van der Waals surface area contributed by atoms with Gasteiger partial charge in [-0.1, -0.05) is 12.1 Å². The van der Waals surface area contributed by atoms with Crippen LogP contribution in [0.25, 0.3) is 5.82 Å². The zero-order chi connectivity index (χ0) is 17.9. The Bertz CT molecular complexity index is 881. The Labute approximate surface area is 149 Å². The molecule has 3 aromatic rings. The van der Waals surface area contributed by atoms with Crippen LogP contribution in [0.15, 0.2) is 55.2 Å². The number of pyridine rings is 1. The molecule has 0 N–H and O–H groups in total. The van der Waals surface area contributed by atoms with Gasteiger partial charge in [-0.3, -0.25) is 9.36 Å². The van der Waals surface area contributed by atoms with E-state index in [4.69, 9.17) is 4.74 Å². The summed E-state index contributed by atoms with van der Waals surface area (Å²) in [5.74, 6) is 0.234. The number of nitrogens with zero attached hydrogens (tertiary/aromatic N) is 5. The number of carbonyl (C=O) groups is 1. The molecular formula is C18H16FN5O2. The van der Waals surface area contributed by atoms with Gasteiger partial charge < -0.3 is 9.64 Å². The van der Waals surface area contributed by atoms with Crippen molar-refractivity contribution in [3.63, 3.8) is 0 Å². The third-order valence-electron chi connectivity index (χ3n) is 4.27. The van der Waals surface area contributed by atoms with Gasteiger partial charge in [0, 0.05) is 12.7 Å². The molecule has 1 aromatic carbocycles. The van der Waals surface area contributed by atoms with E-state index in [2.05, 4.69) is 15.2 Å². The van der Waals surface area contributed by atoms with Crippen LogP contribution in [0.5, 0.6) is 0 Å². The van der Waals surface area contributed by atoms with Gasteiger partial charge in [-0.05, 0) is 29.8 Å². The highest BCUT2D eigenvalue weighted by atomic mass is 19.1. The van der Waals surface area contributed by atoms with Crippen LogP contribution in [0, 0.1) is 5.82 Å². The Hall–Kier alpha value is -3.13. The number of rotatable bonds is 3. The van der Waals surface area contributed by atoms with Crippen molar-refractivity contribution in [3.8, 4) is 5.82 Å². The lowest BCUT2D eigenvalue weighted by molar-refractivity contribution is -0.0228. The molecule has 7 nitrogen and oxygen atoms in total. The number of hydrogen-bond donors (Lipinski definition) is 0. The summed E-state index contributed by atoms with van der Waals surface area (Å²) in [5, 5.41) is 7.47. The van der Waals surface area contributed by atoms with Crippen molar-refractivity contribution in [1.29, 1.82) is 0 Å². The Morgan fingerprint density at radius 3 is 2.58 bits per heavy atom. The zero-order valence-electron chi connectivity index (χ0n) is 13.8. The first-order valence-electron chi connectivity index (χ1n) is 8.18. The quantitative estimate of drug-likeness (QED) is 0.720. The Morgan fingerprint density at radius 2 is 1.88 bits per heavy atom. The van der Waals surface area contributed by atoms with Crippen LogP contribution in [0.3, 0.4) is 0 Å². The van der Waals surface area contributed by atoms with Crippen molar-refractivity contribution in [2.24, 2.45) is 0 Å². The monoisotopic (exact) mass is 353 g/mol. The van der Waals surface area contributed by atoms with Gasteiger partial charge in [0.2, 0.25) is 0 Å². The van der Waals surface area contributed by atoms with Gasteiger partial charge in [0.05, 0.1) is 18.7 Å². The molecule has 8 heteroatoms. The fourth-order valence-electron chi connectivity index (χ4n) is 2.88. The van der Waals surface area contributed by atoms with Gasteiger partial charge in [0.1, 0.15) is 30.4 Å². The summed E-state index contributed by atoms with van der Waals surface area (Å²) >= 11 is 0. The molecule has 3 heterocycles. The molecule has 132 valence electrons. The van der Waals surface area contributed by atoms with E-state index in [1.807, 2.05) is 0 Å². The topological polar surface area (TPSA) is 73.1 Å². The number of ether oxygens (including phenoxy) is 1. The molecule has 1 aliphatic rings. The van der Waals surface area contributed by atoms with Crippen LogP contribution < -0.4 is 0 Å². The maximum absolute atomic E-state index is 13.1. The number of aromatic nitrogens is 4. The van der Waals surface area contributed by atoms with E-state index in [9.17, 15) is 9.18 Å². The minimum atomic E-state index is -0.295. The van der Waals surface area contributed by atoms with E-state index < -0.39 is 0 Å². The normalized spacial score (nSPS) is 17.3. The second kappa shape index (κ2) is 7.01. The zero-order valence-corrected chi connectivity index (χ0v) is 13.8. The summed E-state index contributed by atoms with van der Waals surface area (Å²) in [6.45, 7) is 1.35. The van der Waals surface area contributed by atoms with Crippen molar-refractivity contribution in [1.82, 2.24) is 24.6 Å². The van der Waals surface area contributed by atoms with E-state index in [1.54, 1.807) is 52.6 Å². The molecule has 4 rings (SSSR count). The van der Waals surface area contributed by atoms with Gasteiger partial charge in [-0.2, -0.15) is 0 Å². The van der Waals surface area contributed by atoms with Crippen molar-refractivity contribution < 1.29 is 13.9 Å². The molecule has 1 fully saturated rings. The number of benzene rings is 1. The number of carbonyl (C=O) groups excluding carboxylic acids is 1. The average Bonchev–Trinajstić information content (AvgIpc) is 3.23. The molecule has 1 aliphatic heterocycles. The Morgan fingerprint density at radius 1 is 1.12 bits per heavy atom. The van der Waals surface area contributed by atoms with Crippen LogP contribution >= 0.6 is 0 Å². The second-order valence-electron chi connectivity index (χ2n) is 5.94. The molecule has 0 aliphatic carbocycles. The third-order valence-corrected chi connectivity index (χ3v) is 4.27. The molecule has 1 saturated heterocycles. The van der Waals surface area contributed by atoms with E-state index in [0.717, 1.165) is 5.56 Å². The predicted octanol–water partition coefficient (Wildman–Crippen LogP) is 2.02. The van der Waals surface area contributed by atoms with Crippen LogP contribution in [0.1, 0.15) is 22.0 Å². The van der Waals surface area contributed by atoms with Crippen molar-refractivity contribution in [2.75, 3.05) is 19.7 Å². The van der Waals surface area contributed by atoms with Crippen LogP contribution in [0.4, 0.5) is 4.39 Å². The molecule has 0 bridgehead atoms. The van der Waals surface area contributed by atoms with Gasteiger partial charge in [-0.25, -0.2) is 9.37 Å². The standard InChI is InChI=1S/C18H16FN5O2/c19-15-4-1-13(2-5-15)16-10-23(7-8-26-16)18(25)14-3-6-17(20-9-14)24-11-21-22-12-24/h1-6,9,11-12,16H,7-8,10H2/t16-/m1/s1. The first-order valence-corrected chi connectivity index (χ1v) is 8.18. The SMILES string of the molecule is O=C(c1ccc(-n2cnnc2)nc1)N1CCO[C@@H](c2ccc(F)cc2)C1. The van der Waals surface area contributed by atoms with Crippen molar-refractivity contribution in [3.05, 3.63) is 72.2 Å². The van der Waals surface area contributed by atoms with E-state index in [0.29, 0.717) is 31.1 Å². The first kappa shape index (κ1) is 16.3. The molecule has 0 radical (unpaired) electrons. The van der Waals surface area contributed by atoms with Crippen LogP contribution in [-0.4, -0.2) is 50.3 Å². The summed E-state index contributed by atoms with van der Waals surface area (Å²) in [6, 6.07) is 9.63. The first-order chi connectivity index (χ1) is 12.7. The molecule has 0 saturated carbocycles. The lowest BCUT2D eigenvalue weighted by Gasteiger charge is -2.33. The van der Waals surface area contributed by atoms with Crippen molar-refractivity contribution in [2.45, 2.75) is 6.10 Å². The lowest BCUT2D eigenvalue weighted by atomic mass is 10.1. The molecule has 26 heavy (non-hydrogen) atoms. The van der Waals surface area contributed by atoms with E-state index in [1.165, 1.54) is 12.1 Å². The van der Waals surface area contributed by atoms with Crippen LogP contribution in [0.2, 0.25) is 0 Å². The maximum atomic E-state index is 13.1. The smallest absolute Gasteiger partial charge is 0.255 e. The molecule has 0 spiro atoms. The van der Waals surface area contributed by atoms with Crippen molar-refractivity contribution >= 4 is 5.91 Å². The van der Waals surface area contributed by atoms with E-state index >= 15 is 0 Å². The fourth-order valence-corrected chi connectivity index (χ4v) is 2.88. The largest absolute Gasteiger partial charge is 0.370 e. The predicted molar refractivity (Wildman–Crippen MR) is 90.2 cm³/mol. The van der Waals surface area contributed by atoms with Gasteiger partial charge in [0.15, 0.2) is 0 Å². The minimum Gasteiger partial charge on any atom is -0.370 e. The number of amides is 1. The molecule has 1 atom stereocenters.